The SMILES string of the molecule is CCOC(=O)C1=C(CN2CCN(C(=O)OCC)CC2)NC(=O)N[C@H]1c1ccc2c(c1)OCO2. The van der Waals surface area contributed by atoms with Crippen LogP contribution in [0.1, 0.15) is 25.5 Å². The third kappa shape index (κ3) is 4.98. The van der Waals surface area contributed by atoms with E-state index in [0.717, 1.165) is 0 Å². The van der Waals surface area contributed by atoms with Crippen LogP contribution < -0.4 is 20.1 Å². The topological polar surface area (TPSA) is 119 Å². The zero-order valence-electron chi connectivity index (χ0n) is 18.7. The zero-order chi connectivity index (χ0) is 23.4. The van der Waals surface area contributed by atoms with Crippen molar-refractivity contribution in [3.63, 3.8) is 0 Å². The monoisotopic (exact) mass is 460 g/mol. The molecule has 33 heavy (non-hydrogen) atoms. The summed E-state index contributed by atoms with van der Waals surface area (Å²) in [6.45, 7) is 6.65. The number of carbonyl (C=O) groups excluding carboxylic acids is 3. The van der Waals surface area contributed by atoms with Gasteiger partial charge in [-0.1, -0.05) is 6.07 Å². The van der Waals surface area contributed by atoms with Crippen molar-refractivity contribution in [1.82, 2.24) is 20.4 Å². The number of piperazine rings is 1. The third-order valence-corrected chi connectivity index (χ3v) is 5.66. The van der Waals surface area contributed by atoms with Gasteiger partial charge in [-0.05, 0) is 31.5 Å². The molecule has 1 atom stereocenters. The van der Waals surface area contributed by atoms with E-state index >= 15 is 0 Å². The lowest BCUT2D eigenvalue weighted by atomic mass is 9.94. The summed E-state index contributed by atoms with van der Waals surface area (Å²) in [5, 5.41) is 5.61. The highest BCUT2D eigenvalue weighted by Crippen LogP contribution is 2.37. The van der Waals surface area contributed by atoms with Gasteiger partial charge in [0.1, 0.15) is 0 Å². The maximum Gasteiger partial charge on any atom is 0.409 e. The first-order valence-electron chi connectivity index (χ1n) is 11.0. The molecule has 1 aromatic carbocycles. The van der Waals surface area contributed by atoms with Gasteiger partial charge in [-0.2, -0.15) is 0 Å². The number of carbonyl (C=O) groups is 3. The fourth-order valence-electron chi connectivity index (χ4n) is 4.06. The number of hydrogen-bond donors (Lipinski definition) is 2. The van der Waals surface area contributed by atoms with E-state index in [2.05, 4.69) is 15.5 Å². The minimum Gasteiger partial charge on any atom is -0.463 e. The lowest BCUT2D eigenvalue weighted by Gasteiger charge is -2.36. The van der Waals surface area contributed by atoms with Gasteiger partial charge in [-0.3, -0.25) is 4.90 Å². The standard InChI is InChI=1S/C22H28N4O7/c1-3-30-20(27)18-15(12-25-7-9-26(10-8-25)22(29)31-4-2)23-21(28)24-19(18)14-5-6-16-17(11-14)33-13-32-16/h5-6,11,19H,3-4,7-10,12-13H2,1-2H3,(H2,23,24,28)/t19-/m0/s1. The van der Waals surface area contributed by atoms with Crippen molar-refractivity contribution in [3.8, 4) is 11.5 Å². The number of benzene rings is 1. The van der Waals surface area contributed by atoms with Crippen LogP contribution in [0.25, 0.3) is 0 Å². The summed E-state index contributed by atoms with van der Waals surface area (Å²) in [5.74, 6) is 0.660. The van der Waals surface area contributed by atoms with Crippen LogP contribution in [0.2, 0.25) is 0 Å². The Morgan fingerprint density at radius 2 is 1.79 bits per heavy atom. The number of fused-ring (bicyclic) bond motifs is 1. The number of ether oxygens (including phenoxy) is 4. The lowest BCUT2D eigenvalue weighted by Crippen LogP contribution is -2.52. The summed E-state index contributed by atoms with van der Waals surface area (Å²) in [7, 11) is 0. The summed E-state index contributed by atoms with van der Waals surface area (Å²) in [5.41, 5.74) is 1.49. The van der Waals surface area contributed by atoms with E-state index in [1.165, 1.54) is 0 Å². The van der Waals surface area contributed by atoms with Crippen LogP contribution in [-0.4, -0.2) is 80.6 Å². The number of nitrogens with zero attached hydrogens (tertiary/aromatic N) is 2. The van der Waals surface area contributed by atoms with E-state index in [1.807, 2.05) is 0 Å². The Morgan fingerprint density at radius 1 is 1.06 bits per heavy atom. The van der Waals surface area contributed by atoms with Crippen molar-refractivity contribution in [2.75, 3.05) is 52.7 Å². The van der Waals surface area contributed by atoms with E-state index in [1.54, 1.807) is 36.9 Å². The molecule has 0 saturated carbocycles. The van der Waals surface area contributed by atoms with Crippen LogP contribution in [0, 0.1) is 0 Å². The maximum atomic E-state index is 13.0. The fourth-order valence-corrected chi connectivity index (χ4v) is 4.06. The van der Waals surface area contributed by atoms with Gasteiger partial charge >= 0.3 is 18.1 Å². The number of urea groups is 1. The Hall–Kier alpha value is -3.47. The largest absolute Gasteiger partial charge is 0.463 e. The fraction of sp³-hybridized carbons (Fsp3) is 0.500. The lowest BCUT2D eigenvalue weighted by molar-refractivity contribution is -0.139. The van der Waals surface area contributed by atoms with Crippen molar-refractivity contribution in [3.05, 3.63) is 35.0 Å². The predicted octanol–water partition coefficient (Wildman–Crippen LogP) is 1.36. The van der Waals surface area contributed by atoms with Crippen LogP contribution in [0.3, 0.4) is 0 Å². The molecule has 0 unspecified atom stereocenters. The Labute approximate surface area is 191 Å². The Kier molecular flexibility index (Phi) is 6.87. The van der Waals surface area contributed by atoms with Gasteiger partial charge < -0.3 is 34.5 Å². The first-order valence-corrected chi connectivity index (χ1v) is 11.0. The van der Waals surface area contributed by atoms with Crippen LogP contribution in [0.4, 0.5) is 9.59 Å². The van der Waals surface area contributed by atoms with Gasteiger partial charge in [0.25, 0.3) is 0 Å². The minimum absolute atomic E-state index is 0.126. The molecule has 0 spiro atoms. The molecule has 178 valence electrons. The normalized spacial score (nSPS) is 20.2. The van der Waals surface area contributed by atoms with Crippen molar-refractivity contribution >= 4 is 18.1 Å². The summed E-state index contributed by atoms with van der Waals surface area (Å²) in [4.78, 5) is 41.2. The molecule has 3 amide bonds. The van der Waals surface area contributed by atoms with Crippen molar-refractivity contribution in [2.45, 2.75) is 19.9 Å². The molecule has 3 heterocycles. The molecule has 11 nitrogen and oxygen atoms in total. The Balaban J connectivity index is 1.58. The summed E-state index contributed by atoms with van der Waals surface area (Å²) in [6, 6.07) is 4.18. The molecular weight excluding hydrogens is 432 g/mol. The molecule has 0 aliphatic carbocycles. The van der Waals surface area contributed by atoms with E-state index in [-0.39, 0.29) is 19.5 Å². The van der Waals surface area contributed by atoms with E-state index in [0.29, 0.717) is 67.7 Å². The number of nitrogens with one attached hydrogen (secondary N) is 2. The number of rotatable bonds is 6. The second-order valence-corrected chi connectivity index (χ2v) is 7.72. The van der Waals surface area contributed by atoms with Gasteiger partial charge in [-0.25, -0.2) is 14.4 Å². The van der Waals surface area contributed by atoms with E-state index < -0.39 is 18.0 Å². The summed E-state index contributed by atoms with van der Waals surface area (Å²) < 4.78 is 21.2. The van der Waals surface area contributed by atoms with Crippen LogP contribution >= 0.6 is 0 Å². The number of hydrogen-bond acceptors (Lipinski definition) is 8. The van der Waals surface area contributed by atoms with Crippen molar-refractivity contribution < 1.29 is 33.3 Å². The van der Waals surface area contributed by atoms with Gasteiger partial charge in [0.05, 0.1) is 24.8 Å². The van der Waals surface area contributed by atoms with Gasteiger partial charge in [0, 0.05) is 38.4 Å². The molecule has 0 bridgehead atoms. The number of esters is 1. The van der Waals surface area contributed by atoms with Crippen LogP contribution in [-0.2, 0) is 14.3 Å². The Morgan fingerprint density at radius 3 is 2.52 bits per heavy atom. The quantitative estimate of drug-likeness (QED) is 0.611. The average Bonchev–Trinajstić information content (AvgIpc) is 3.27. The Bertz CT molecular complexity index is 956. The van der Waals surface area contributed by atoms with Crippen LogP contribution in [0.5, 0.6) is 11.5 Å². The van der Waals surface area contributed by atoms with Gasteiger partial charge in [0.15, 0.2) is 11.5 Å². The molecule has 1 saturated heterocycles. The molecule has 11 heteroatoms. The molecule has 4 rings (SSSR count). The molecule has 0 aromatic heterocycles. The average molecular weight is 460 g/mol. The molecule has 2 N–H and O–H groups in total. The first-order chi connectivity index (χ1) is 16.0. The van der Waals surface area contributed by atoms with E-state index in [9.17, 15) is 14.4 Å². The first kappa shape index (κ1) is 22.7. The minimum atomic E-state index is -0.705. The predicted molar refractivity (Wildman–Crippen MR) is 116 cm³/mol. The van der Waals surface area contributed by atoms with Gasteiger partial charge in [0.2, 0.25) is 6.79 Å². The van der Waals surface area contributed by atoms with Crippen LogP contribution in [0.15, 0.2) is 29.5 Å². The number of amides is 3. The molecule has 1 aromatic rings. The van der Waals surface area contributed by atoms with Gasteiger partial charge in [-0.15, -0.1) is 0 Å². The smallest absolute Gasteiger partial charge is 0.409 e. The molecule has 0 radical (unpaired) electrons. The molecule has 1 fully saturated rings. The second kappa shape index (κ2) is 9.99. The third-order valence-electron chi connectivity index (χ3n) is 5.66. The summed E-state index contributed by atoms with van der Waals surface area (Å²) in [6.07, 6.45) is -0.332. The molecular formula is C22H28N4O7. The maximum absolute atomic E-state index is 13.0. The second-order valence-electron chi connectivity index (χ2n) is 7.72. The molecule has 3 aliphatic heterocycles. The summed E-state index contributed by atoms with van der Waals surface area (Å²) >= 11 is 0. The highest BCUT2D eigenvalue weighted by Gasteiger charge is 2.35. The van der Waals surface area contributed by atoms with E-state index in [4.69, 9.17) is 18.9 Å². The highest BCUT2D eigenvalue weighted by atomic mass is 16.7. The highest BCUT2D eigenvalue weighted by molar-refractivity contribution is 5.95. The van der Waals surface area contributed by atoms with Crippen molar-refractivity contribution in [1.29, 1.82) is 0 Å². The van der Waals surface area contributed by atoms with Crippen molar-refractivity contribution in [2.24, 2.45) is 0 Å². The molecule has 3 aliphatic rings. The zero-order valence-corrected chi connectivity index (χ0v) is 18.7.